The molecule has 2 rings (SSSR count). The Balaban J connectivity index is 1.98. The van der Waals surface area contributed by atoms with Gasteiger partial charge in [0.05, 0.1) is 6.07 Å². The van der Waals surface area contributed by atoms with Gasteiger partial charge >= 0.3 is 0 Å². The maximum atomic E-state index is 9.28. The number of hydrogen-bond acceptors (Lipinski definition) is 4. The highest BCUT2D eigenvalue weighted by molar-refractivity contribution is 8.00. The van der Waals surface area contributed by atoms with E-state index in [4.69, 9.17) is 0 Å². The van der Waals surface area contributed by atoms with Crippen LogP contribution in [0.15, 0.2) is 29.4 Å². The summed E-state index contributed by atoms with van der Waals surface area (Å²) in [7, 11) is 0. The first-order valence-electron chi connectivity index (χ1n) is 6.74. The number of rotatable bonds is 6. The van der Waals surface area contributed by atoms with E-state index in [0.717, 1.165) is 18.7 Å². The molecule has 0 aliphatic carbocycles. The van der Waals surface area contributed by atoms with E-state index in [1.54, 1.807) is 0 Å². The summed E-state index contributed by atoms with van der Waals surface area (Å²) in [5, 5.41) is 16.8. The lowest BCUT2D eigenvalue weighted by molar-refractivity contribution is 0.840. The van der Waals surface area contributed by atoms with Crippen molar-refractivity contribution in [3.05, 3.63) is 41.2 Å². The number of nitrogens with one attached hydrogen (secondary N) is 1. The third-order valence-corrected chi connectivity index (χ3v) is 3.88. The number of thioether (sulfide) groups is 1. The Morgan fingerprint density at radius 1 is 1.35 bits per heavy atom. The minimum absolute atomic E-state index is 0.164. The van der Waals surface area contributed by atoms with Crippen molar-refractivity contribution in [2.24, 2.45) is 0 Å². The molecule has 2 aromatic rings. The standard InChI is InChI=1S/C15H18N4S/c1-3-4-14-17-15(19-18-14)20-13(10-16)9-12-7-5-11(2)6-8-12/h5-8,13H,3-4,9H2,1-2H3,(H,17,18,19)/t13-/m1/s1. The third-order valence-electron chi connectivity index (χ3n) is 2.93. The van der Waals surface area contributed by atoms with Crippen LogP contribution in [0.5, 0.6) is 0 Å². The van der Waals surface area contributed by atoms with E-state index in [1.165, 1.54) is 22.9 Å². The minimum atomic E-state index is -0.164. The summed E-state index contributed by atoms with van der Waals surface area (Å²) in [5.74, 6) is 0.891. The molecular weight excluding hydrogens is 268 g/mol. The number of hydrogen-bond donors (Lipinski definition) is 1. The molecule has 1 aromatic heterocycles. The topological polar surface area (TPSA) is 65.4 Å². The van der Waals surface area contributed by atoms with Gasteiger partial charge in [-0.25, -0.2) is 4.98 Å². The Hall–Kier alpha value is -1.80. The van der Waals surface area contributed by atoms with Crippen LogP contribution >= 0.6 is 11.8 Å². The quantitative estimate of drug-likeness (QED) is 0.827. The predicted molar refractivity (Wildman–Crippen MR) is 80.5 cm³/mol. The molecule has 1 aromatic carbocycles. The van der Waals surface area contributed by atoms with Crippen LogP contribution in [-0.2, 0) is 12.8 Å². The summed E-state index contributed by atoms with van der Waals surface area (Å²) in [6.07, 6.45) is 2.63. The van der Waals surface area contributed by atoms with Crippen molar-refractivity contribution in [1.82, 2.24) is 15.2 Å². The van der Waals surface area contributed by atoms with Gasteiger partial charge in [0.25, 0.3) is 0 Å². The second-order valence-electron chi connectivity index (χ2n) is 4.74. The number of benzene rings is 1. The van der Waals surface area contributed by atoms with Crippen LogP contribution in [-0.4, -0.2) is 20.4 Å². The average molecular weight is 286 g/mol. The van der Waals surface area contributed by atoms with Crippen LogP contribution in [0, 0.1) is 18.3 Å². The van der Waals surface area contributed by atoms with Crippen LogP contribution < -0.4 is 0 Å². The second kappa shape index (κ2) is 7.11. The molecule has 104 valence electrons. The van der Waals surface area contributed by atoms with Gasteiger partial charge in [0, 0.05) is 6.42 Å². The number of nitrogens with zero attached hydrogens (tertiary/aromatic N) is 3. The van der Waals surface area contributed by atoms with Crippen molar-refractivity contribution in [3.63, 3.8) is 0 Å². The summed E-state index contributed by atoms with van der Waals surface area (Å²) in [5.41, 5.74) is 2.40. The maximum absolute atomic E-state index is 9.28. The Bertz CT molecular complexity index is 583. The molecule has 1 heterocycles. The molecule has 20 heavy (non-hydrogen) atoms. The average Bonchev–Trinajstić information content (AvgIpc) is 2.88. The SMILES string of the molecule is CCCc1nc(S[C@@H](C#N)Cc2ccc(C)cc2)n[nH]1. The molecule has 5 heteroatoms. The molecule has 1 atom stereocenters. The molecule has 0 aliphatic heterocycles. The monoisotopic (exact) mass is 286 g/mol. The Morgan fingerprint density at radius 3 is 2.75 bits per heavy atom. The molecule has 0 fully saturated rings. The van der Waals surface area contributed by atoms with Gasteiger partial charge in [0.2, 0.25) is 5.16 Å². The lowest BCUT2D eigenvalue weighted by atomic mass is 10.1. The molecule has 0 aliphatic rings. The van der Waals surface area contributed by atoms with E-state index in [2.05, 4.69) is 59.4 Å². The van der Waals surface area contributed by atoms with E-state index in [-0.39, 0.29) is 5.25 Å². The highest BCUT2D eigenvalue weighted by Gasteiger charge is 2.14. The van der Waals surface area contributed by atoms with Crippen molar-refractivity contribution >= 4 is 11.8 Å². The summed E-state index contributed by atoms with van der Waals surface area (Å²) < 4.78 is 0. The van der Waals surface area contributed by atoms with E-state index in [0.29, 0.717) is 11.6 Å². The van der Waals surface area contributed by atoms with Gasteiger partial charge in [-0.3, -0.25) is 5.10 Å². The highest BCUT2D eigenvalue weighted by Crippen LogP contribution is 2.22. The number of nitriles is 1. The molecule has 0 saturated heterocycles. The minimum Gasteiger partial charge on any atom is -0.262 e. The Morgan fingerprint density at radius 2 is 2.10 bits per heavy atom. The van der Waals surface area contributed by atoms with Gasteiger partial charge < -0.3 is 0 Å². The summed E-state index contributed by atoms with van der Waals surface area (Å²) in [6.45, 7) is 4.16. The normalized spacial score (nSPS) is 12.1. The summed E-state index contributed by atoms with van der Waals surface area (Å²) >= 11 is 1.42. The largest absolute Gasteiger partial charge is 0.262 e. The van der Waals surface area contributed by atoms with Crippen LogP contribution in [0.3, 0.4) is 0 Å². The molecule has 4 nitrogen and oxygen atoms in total. The van der Waals surface area contributed by atoms with Crippen LogP contribution in [0.1, 0.15) is 30.3 Å². The molecule has 0 radical (unpaired) electrons. The molecule has 1 N–H and O–H groups in total. The summed E-state index contributed by atoms with van der Waals surface area (Å²) in [4.78, 5) is 4.39. The highest BCUT2D eigenvalue weighted by atomic mass is 32.2. The van der Waals surface area contributed by atoms with Crippen molar-refractivity contribution in [2.45, 2.75) is 43.5 Å². The van der Waals surface area contributed by atoms with E-state index in [9.17, 15) is 5.26 Å². The smallest absolute Gasteiger partial charge is 0.209 e. The van der Waals surface area contributed by atoms with Gasteiger partial charge in [-0.1, -0.05) is 48.5 Å². The fraction of sp³-hybridized carbons (Fsp3) is 0.400. The maximum Gasteiger partial charge on any atom is 0.209 e. The van der Waals surface area contributed by atoms with E-state index >= 15 is 0 Å². The predicted octanol–water partition coefficient (Wildman–Crippen LogP) is 3.29. The fourth-order valence-electron chi connectivity index (χ4n) is 1.86. The zero-order valence-corrected chi connectivity index (χ0v) is 12.6. The number of aromatic nitrogens is 3. The number of aryl methyl sites for hydroxylation is 2. The van der Waals surface area contributed by atoms with Crippen LogP contribution in [0.2, 0.25) is 0 Å². The molecule has 0 bridgehead atoms. The molecule has 0 spiro atoms. The first-order chi connectivity index (χ1) is 9.71. The van der Waals surface area contributed by atoms with Crippen LogP contribution in [0.25, 0.3) is 0 Å². The van der Waals surface area contributed by atoms with Gasteiger partial charge in [-0.2, -0.15) is 5.26 Å². The first kappa shape index (κ1) is 14.6. The Labute approximate surface area is 123 Å². The lowest BCUT2D eigenvalue weighted by Crippen LogP contribution is -2.04. The van der Waals surface area contributed by atoms with Crippen molar-refractivity contribution < 1.29 is 0 Å². The van der Waals surface area contributed by atoms with Crippen LogP contribution in [0.4, 0.5) is 0 Å². The van der Waals surface area contributed by atoms with Gasteiger partial charge in [0.1, 0.15) is 11.1 Å². The lowest BCUT2D eigenvalue weighted by Gasteiger charge is -2.06. The zero-order valence-electron chi connectivity index (χ0n) is 11.8. The van der Waals surface area contributed by atoms with Gasteiger partial charge in [-0.15, -0.1) is 5.10 Å². The Kier molecular flexibility index (Phi) is 5.19. The first-order valence-corrected chi connectivity index (χ1v) is 7.62. The number of H-pyrrole nitrogens is 1. The number of aromatic amines is 1. The zero-order chi connectivity index (χ0) is 14.4. The van der Waals surface area contributed by atoms with Gasteiger partial charge in [0.15, 0.2) is 0 Å². The molecule has 0 amide bonds. The summed E-state index contributed by atoms with van der Waals surface area (Å²) in [6, 6.07) is 10.6. The third kappa shape index (κ3) is 4.10. The van der Waals surface area contributed by atoms with E-state index in [1.807, 2.05) is 0 Å². The van der Waals surface area contributed by atoms with Crippen molar-refractivity contribution in [1.29, 1.82) is 5.26 Å². The van der Waals surface area contributed by atoms with Crippen molar-refractivity contribution in [2.75, 3.05) is 0 Å². The molecule has 0 saturated carbocycles. The van der Waals surface area contributed by atoms with E-state index < -0.39 is 0 Å². The molecule has 0 unspecified atom stereocenters. The molecular formula is C15H18N4S. The van der Waals surface area contributed by atoms with Crippen molar-refractivity contribution in [3.8, 4) is 6.07 Å². The van der Waals surface area contributed by atoms with Gasteiger partial charge in [-0.05, 0) is 25.3 Å². The fourth-order valence-corrected chi connectivity index (χ4v) is 2.70. The second-order valence-corrected chi connectivity index (χ2v) is 5.91.